The molecule has 8 heteroatoms. The third-order valence-electron chi connectivity index (χ3n) is 7.62. The molecule has 1 heterocycles. The summed E-state index contributed by atoms with van der Waals surface area (Å²) in [6.07, 6.45) is -1.69. The number of aliphatic carboxylic acids is 1. The normalized spacial score (nSPS) is 12.9. The topological polar surface area (TPSA) is 115 Å². The van der Waals surface area contributed by atoms with E-state index in [4.69, 9.17) is 5.11 Å². The van der Waals surface area contributed by atoms with Crippen LogP contribution in [0.1, 0.15) is 61.7 Å². The zero-order valence-corrected chi connectivity index (χ0v) is 24.7. The number of rotatable bonds is 15. The van der Waals surface area contributed by atoms with Gasteiger partial charge in [0.05, 0.1) is 25.2 Å². The molecule has 0 radical (unpaired) electrons. The number of aliphatic hydroxyl groups is 3. The standard InChI is InChI=1S/C35H41FN2O5/c1-23(2)38-31(17-16-29(40)18-30(41)19-33(42)43)34(27-12-14-28(36)15-13-27)35(26-6-4-3-5-7-26)32(38)21-37-20-24-8-10-25(22-39)11-9-24/h3-15,23,29-30,37,39-41H,16-22H2,1-2H3,(H,42,43)/t29-,30-/m1/s1. The van der Waals surface area contributed by atoms with Crippen molar-refractivity contribution < 1.29 is 29.6 Å². The molecule has 0 amide bonds. The van der Waals surface area contributed by atoms with Crippen LogP contribution in [-0.2, 0) is 30.9 Å². The molecule has 0 saturated heterocycles. The fourth-order valence-electron chi connectivity index (χ4n) is 5.69. The summed E-state index contributed by atoms with van der Waals surface area (Å²) in [5.74, 6) is -1.44. The number of aromatic nitrogens is 1. The number of carbonyl (C=O) groups is 1. The van der Waals surface area contributed by atoms with Gasteiger partial charge in [-0.2, -0.15) is 0 Å². The van der Waals surface area contributed by atoms with Gasteiger partial charge < -0.3 is 30.3 Å². The van der Waals surface area contributed by atoms with Crippen LogP contribution in [0.15, 0.2) is 78.9 Å². The summed E-state index contributed by atoms with van der Waals surface area (Å²) in [5, 5.41) is 42.9. The summed E-state index contributed by atoms with van der Waals surface area (Å²) >= 11 is 0. The molecule has 5 N–H and O–H groups in total. The van der Waals surface area contributed by atoms with E-state index in [-0.39, 0.29) is 24.9 Å². The molecule has 4 aromatic rings. The summed E-state index contributed by atoms with van der Waals surface area (Å²) in [6.45, 7) is 5.37. The second-order valence-corrected chi connectivity index (χ2v) is 11.2. The molecule has 0 aliphatic heterocycles. The first kappa shape index (κ1) is 32.1. The number of halogens is 1. The Morgan fingerprint density at radius 1 is 0.814 bits per heavy atom. The van der Waals surface area contributed by atoms with Crippen molar-refractivity contribution in [3.8, 4) is 22.3 Å². The van der Waals surface area contributed by atoms with E-state index in [0.29, 0.717) is 25.9 Å². The highest BCUT2D eigenvalue weighted by atomic mass is 19.1. The molecule has 0 aliphatic rings. The van der Waals surface area contributed by atoms with Gasteiger partial charge in [0.2, 0.25) is 0 Å². The molecule has 2 atom stereocenters. The molecule has 43 heavy (non-hydrogen) atoms. The fraction of sp³-hybridized carbons (Fsp3) is 0.343. The van der Waals surface area contributed by atoms with E-state index in [1.54, 1.807) is 12.1 Å². The first-order chi connectivity index (χ1) is 20.7. The number of nitrogens with zero attached hydrogens (tertiary/aromatic N) is 1. The minimum atomic E-state index is -1.13. The number of carboxylic acid groups (broad SMARTS) is 1. The molecule has 0 saturated carbocycles. The number of benzene rings is 3. The third kappa shape index (κ3) is 8.39. The lowest BCUT2D eigenvalue weighted by Crippen LogP contribution is -2.22. The largest absolute Gasteiger partial charge is 0.481 e. The molecule has 0 bridgehead atoms. The molecule has 0 spiro atoms. The van der Waals surface area contributed by atoms with Gasteiger partial charge in [0.15, 0.2) is 0 Å². The predicted molar refractivity (Wildman–Crippen MR) is 166 cm³/mol. The van der Waals surface area contributed by atoms with E-state index in [9.17, 15) is 24.5 Å². The van der Waals surface area contributed by atoms with Crippen molar-refractivity contribution in [2.24, 2.45) is 0 Å². The Labute approximate surface area is 252 Å². The Hall–Kier alpha value is -3.82. The fourth-order valence-corrected chi connectivity index (χ4v) is 5.69. The molecule has 0 unspecified atom stereocenters. The highest BCUT2D eigenvalue weighted by Crippen LogP contribution is 2.42. The van der Waals surface area contributed by atoms with Crippen molar-refractivity contribution in [2.75, 3.05) is 0 Å². The van der Waals surface area contributed by atoms with Crippen molar-refractivity contribution >= 4 is 5.97 Å². The van der Waals surface area contributed by atoms with Crippen LogP contribution in [0.4, 0.5) is 4.39 Å². The van der Waals surface area contributed by atoms with Gasteiger partial charge >= 0.3 is 5.97 Å². The van der Waals surface area contributed by atoms with Crippen molar-refractivity contribution in [1.82, 2.24) is 9.88 Å². The number of hydrogen-bond donors (Lipinski definition) is 5. The van der Waals surface area contributed by atoms with Crippen LogP contribution in [0.5, 0.6) is 0 Å². The summed E-state index contributed by atoms with van der Waals surface area (Å²) in [7, 11) is 0. The van der Waals surface area contributed by atoms with Crippen LogP contribution in [0, 0.1) is 5.82 Å². The van der Waals surface area contributed by atoms with Crippen LogP contribution in [0.3, 0.4) is 0 Å². The van der Waals surface area contributed by atoms with E-state index in [1.165, 1.54) is 12.1 Å². The van der Waals surface area contributed by atoms with Gasteiger partial charge in [-0.05, 0) is 67.5 Å². The molecule has 4 rings (SSSR count). The predicted octanol–water partition coefficient (Wildman–Crippen LogP) is 5.84. The van der Waals surface area contributed by atoms with Gasteiger partial charge in [0.25, 0.3) is 0 Å². The SMILES string of the molecule is CC(C)n1c(CC[C@@H](O)C[C@@H](O)CC(=O)O)c(-c2ccc(F)cc2)c(-c2ccccc2)c1CNCc1ccc(CO)cc1. The molecular formula is C35H41FN2O5. The Bertz CT molecular complexity index is 1470. The highest BCUT2D eigenvalue weighted by molar-refractivity contribution is 5.88. The van der Waals surface area contributed by atoms with Crippen molar-refractivity contribution in [3.63, 3.8) is 0 Å². The van der Waals surface area contributed by atoms with Crippen molar-refractivity contribution in [3.05, 3.63) is 107 Å². The molecule has 0 aliphatic carbocycles. The second kappa shape index (κ2) is 15.1. The summed E-state index contributed by atoms with van der Waals surface area (Å²) in [6, 6.07) is 24.4. The number of carboxylic acids is 1. The van der Waals surface area contributed by atoms with E-state index in [1.807, 2.05) is 42.5 Å². The quantitative estimate of drug-likeness (QED) is 0.119. The lowest BCUT2D eigenvalue weighted by Gasteiger charge is -2.20. The van der Waals surface area contributed by atoms with Crippen LogP contribution in [0.25, 0.3) is 22.3 Å². The van der Waals surface area contributed by atoms with Crippen LogP contribution >= 0.6 is 0 Å². The molecule has 3 aromatic carbocycles. The van der Waals surface area contributed by atoms with E-state index < -0.39 is 24.6 Å². The number of hydrogen-bond acceptors (Lipinski definition) is 5. The Kier molecular flexibility index (Phi) is 11.3. The first-order valence-corrected chi connectivity index (χ1v) is 14.7. The van der Waals surface area contributed by atoms with Gasteiger partial charge in [-0.25, -0.2) is 4.39 Å². The maximum atomic E-state index is 14.1. The Morgan fingerprint density at radius 2 is 1.42 bits per heavy atom. The lowest BCUT2D eigenvalue weighted by atomic mass is 9.93. The van der Waals surface area contributed by atoms with Crippen LogP contribution in [-0.4, -0.2) is 43.2 Å². The summed E-state index contributed by atoms with van der Waals surface area (Å²) < 4.78 is 16.3. The zero-order valence-electron chi connectivity index (χ0n) is 24.7. The van der Waals surface area contributed by atoms with E-state index >= 15 is 0 Å². The minimum Gasteiger partial charge on any atom is -0.481 e. The average molecular weight is 589 g/mol. The average Bonchev–Trinajstić information content (AvgIpc) is 3.31. The highest BCUT2D eigenvalue weighted by Gasteiger charge is 2.27. The lowest BCUT2D eigenvalue weighted by molar-refractivity contribution is -0.139. The molecule has 0 fully saturated rings. The maximum Gasteiger partial charge on any atom is 0.305 e. The van der Waals surface area contributed by atoms with Gasteiger partial charge in [-0.3, -0.25) is 4.79 Å². The molecule has 228 valence electrons. The van der Waals surface area contributed by atoms with Gasteiger partial charge in [0, 0.05) is 41.6 Å². The van der Waals surface area contributed by atoms with Crippen molar-refractivity contribution in [1.29, 1.82) is 0 Å². The summed E-state index contributed by atoms with van der Waals surface area (Å²) in [4.78, 5) is 11.0. The zero-order chi connectivity index (χ0) is 30.9. The Morgan fingerprint density at radius 3 is 2.02 bits per heavy atom. The van der Waals surface area contributed by atoms with Gasteiger partial charge in [-0.1, -0.05) is 66.7 Å². The minimum absolute atomic E-state index is 0.00178. The van der Waals surface area contributed by atoms with E-state index in [2.05, 4.69) is 35.9 Å². The summed E-state index contributed by atoms with van der Waals surface area (Å²) in [5.41, 5.74) is 7.85. The monoisotopic (exact) mass is 588 g/mol. The van der Waals surface area contributed by atoms with Crippen molar-refractivity contribution in [2.45, 2.75) is 77.5 Å². The smallest absolute Gasteiger partial charge is 0.305 e. The molecular weight excluding hydrogens is 547 g/mol. The number of nitrogens with one attached hydrogen (secondary N) is 1. The number of aliphatic hydroxyl groups excluding tert-OH is 3. The van der Waals surface area contributed by atoms with Crippen LogP contribution < -0.4 is 5.32 Å². The Balaban J connectivity index is 1.77. The first-order valence-electron chi connectivity index (χ1n) is 14.7. The third-order valence-corrected chi connectivity index (χ3v) is 7.62. The molecule has 7 nitrogen and oxygen atoms in total. The maximum absolute atomic E-state index is 14.1. The molecule has 1 aromatic heterocycles. The van der Waals surface area contributed by atoms with E-state index in [0.717, 1.165) is 44.8 Å². The van der Waals surface area contributed by atoms with Gasteiger partial charge in [0.1, 0.15) is 5.82 Å². The van der Waals surface area contributed by atoms with Crippen LogP contribution in [0.2, 0.25) is 0 Å². The van der Waals surface area contributed by atoms with Gasteiger partial charge in [-0.15, -0.1) is 0 Å². The second-order valence-electron chi connectivity index (χ2n) is 11.2.